The molecule has 0 bridgehead atoms. The first-order valence-corrected chi connectivity index (χ1v) is 6.86. The molecule has 0 aromatic carbocycles. The van der Waals surface area contributed by atoms with Crippen LogP contribution < -0.4 is 0 Å². The third-order valence-corrected chi connectivity index (χ3v) is 3.75. The van der Waals surface area contributed by atoms with E-state index in [1.54, 1.807) is 0 Å². The Kier molecular flexibility index (Phi) is 6.00. The van der Waals surface area contributed by atoms with Gasteiger partial charge in [0, 0.05) is 13.1 Å². The number of ether oxygens (including phenoxy) is 1. The van der Waals surface area contributed by atoms with Gasteiger partial charge >= 0.3 is 12.1 Å². The van der Waals surface area contributed by atoms with Gasteiger partial charge < -0.3 is 14.7 Å². The second-order valence-electron chi connectivity index (χ2n) is 5.32. The number of carboxylic acids is 1. The molecule has 1 saturated heterocycles. The summed E-state index contributed by atoms with van der Waals surface area (Å²) in [4.78, 5) is 24.4. The number of piperidine rings is 1. The Labute approximate surface area is 121 Å². The minimum absolute atomic E-state index is 0.237. The fraction of sp³-hybridized carbons (Fsp3) is 0.846. The highest BCUT2D eigenvalue weighted by Gasteiger charge is 2.41. The van der Waals surface area contributed by atoms with Crippen molar-refractivity contribution < 1.29 is 32.6 Å². The van der Waals surface area contributed by atoms with Crippen molar-refractivity contribution in [2.45, 2.75) is 38.8 Å². The van der Waals surface area contributed by atoms with Crippen molar-refractivity contribution in [2.75, 3.05) is 26.3 Å². The number of carbonyl (C=O) groups is 2. The lowest BCUT2D eigenvalue weighted by molar-refractivity contribution is -0.179. The summed E-state index contributed by atoms with van der Waals surface area (Å²) in [6.07, 6.45) is -2.55. The molecule has 122 valence electrons. The van der Waals surface area contributed by atoms with Gasteiger partial charge in [-0.05, 0) is 19.3 Å². The zero-order valence-corrected chi connectivity index (χ0v) is 11.9. The zero-order valence-electron chi connectivity index (χ0n) is 11.9. The number of carbonyl (C=O) groups excluding carboxylic acids is 1. The molecule has 0 aromatic rings. The number of alkyl halides is 3. The summed E-state index contributed by atoms with van der Waals surface area (Å²) < 4.78 is 40.1. The maximum absolute atomic E-state index is 11.9. The summed E-state index contributed by atoms with van der Waals surface area (Å²) in [6.45, 7) is 0.281. The molecule has 0 atom stereocenters. The van der Waals surface area contributed by atoms with E-state index in [0.29, 0.717) is 19.3 Å². The lowest BCUT2D eigenvalue weighted by atomic mass is 9.75. The van der Waals surface area contributed by atoms with Crippen LogP contribution >= 0.6 is 0 Å². The van der Waals surface area contributed by atoms with E-state index in [9.17, 15) is 27.9 Å². The van der Waals surface area contributed by atoms with E-state index in [0.717, 1.165) is 6.42 Å². The first-order chi connectivity index (χ1) is 9.70. The molecule has 0 saturated carbocycles. The zero-order chi connectivity index (χ0) is 16.1. The van der Waals surface area contributed by atoms with Gasteiger partial charge in [0.1, 0.15) is 13.2 Å². The molecular formula is C13H20F3NO4. The molecule has 5 nitrogen and oxygen atoms in total. The molecule has 1 aliphatic rings. The number of aliphatic carboxylic acids is 1. The predicted molar refractivity (Wildman–Crippen MR) is 67.7 cm³/mol. The number of halogens is 3. The third kappa shape index (κ3) is 5.18. The minimum Gasteiger partial charge on any atom is -0.481 e. The Hall–Kier alpha value is -1.31. The molecule has 1 amide bonds. The smallest absolute Gasteiger partial charge is 0.411 e. The summed E-state index contributed by atoms with van der Waals surface area (Å²) >= 11 is 0. The van der Waals surface area contributed by atoms with Gasteiger partial charge in [0.05, 0.1) is 5.41 Å². The lowest BCUT2D eigenvalue weighted by Crippen LogP contribution is -2.47. The van der Waals surface area contributed by atoms with Crippen LogP contribution in [0.2, 0.25) is 0 Å². The van der Waals surface area contributed by atoms with Crippen LogP contribution in [0, 0.1) is 5.41 Å². The van der Waals surface area contributed by atoms with Gasteiger partial charge in [0.2, 0.25) is 5.91 Å². The van der Waals surface area contributed by atoms with E-state index < -0.39 is 36.7 Å². The summed E-state index contributed by atoms with van der Waals surface area (Å²) in [6, 6.07) is 0. The molecule has 1 fully saturated rings. The van der Waals surface area contributed by atoms with Crippen molar-refractivity contribution in [2.24, 2.45) is 5.41 Å². The standard InChI is InChI=1S/C13H20F3NO4/c1-2-3-12(11(19)20)4-6-17(7-5-12)10(18)8-21-9-13(14,15)16/h2-9H2,1H3,(H,19,20). The first-order valence-electron chi connectivity index (χ1n) is 6.86. The third-order valence-electron chi connectivity index (χ3n) is 3.75. The van der Waals surface area contributed by atoms with E-state index >= 15 is 0 Å². The van der Waals surface area contributed by atoms with Crippen LogP contribution in [-0.4, -0.2) is 54.4 Å². The average molecular weight is 311 g/mol. The maximum Gasteiger partial charge on any atom is 0.411 e. The van der Waals surface area contributed by atoms with Crippen LogP contribution in [-0.2, 0) is 14.3 Å². The van der Waals surface area contributed by atoms with Crippen molar-refractivity contribution >= 4 is 11.9 Å². The Morgan fingerprint density at radius 1 is 1.29 bits per heavy atom. The SMILES string of the molecule is CCCC1(C(=O)O)CCN(C(=O)COCC(F)(F)F)CC1. The monoisotopic (exact) mass is 311 g/mol. The first kappa shape index (κ1) is 17.7. The summed E-state index contributed by atoms with van der Waals surface area (Å²) in [7, 11) is 0. The van der Waals surface area contributed by atoms with Gasteiger partial charge in [-0.2, -0.15) is 13.2 Å². The molecular weight excluding hydrogens is 291 g/mol. The molecule has 1 aliphatic heterocycles. The van der Waals surface area contributed by atoms with Crippen LogP contribution in [0.4, 0.5) is 13.2 Å². The van der Waals surface area contributed by atoms with E-state index in [1.165, 1.54) is 4.90 Å². The number of rotatable bonds is 6. The van der Waals surface area contributed by atoms with Crippen LogP contribution in [0.1, 0.15) is 32.6 Å². The van der Waals surface area contributed by atoms with Gasteiger partial charge in [0.25, 0.3) is 0 Å². The summed E-state index contributed by atoms with van der Waals surface area (Å²) in [5.74, 6) is -1.40. The van der Waals surface area contributed by atoms with Gasteiger partial charge in [-0.25, -0.2) is 0 Å². The molecule has 8 heteroatoms. The van der Waals surface area contributed by atoms with Crippen LogP contribution in [0.5, 0.6) is 0 Å². The normalized spacial score (nSPS) is 18.6. The summed E-state index contributed by atoms with van der Waals surface area (Å²) in [5, 5.41) is 9.32. The van der Waals surface area contributed by atoms with E-state index in [4.69, 9.17) is 0 Å². The molecule has 1 heterocycles. The molecule has 0 aromatic heterocycles. The Morgan fingerprint density at radius 2 is 1.86 bits per heavy atom. The fourth-order valence-electron chi connectivity index (χ4n) is 2.58. The number of hydrogen-bond donors (Lipinski definition) is 1. The highest BCUT2D eigenvalue weighted by atomic mass is 19.4. The predicted octanol–water partition coefficient (Wildman–Crippen LogP) is 2.06. The molecule has 1 rings (SSSR count). The Bertz CT molecular complexity index is 376. The molecule has 0 aliphatic carbocycles. The lowest BCUT2D eigenvalue weighted by Gasteiger charge is -2.38. The summed E-state index contributed by atoms with van der Waals surface area (Å²) in [5.41, 5.74) is -0.821. The van der Waals surface area contributed by atoms with Crippen molar-refractivity contribution in [3.05, 3.63) is 0 Å². The van der Waals surface area contributed by atoms with E-state index in [1.807, 2.05) is 6.92 Å². The van der Waals surface area contributed by atoms with Gasteiger partial charge in [-0.15, -0.1) is 0 Å². The number of likely N-dealkylation sites (tertiary alicyclic amines) is 1. The Balaban J connectivity index is 2.44. The van der Waals surface area contributed by atoms with Crippen molar-refractivity contribution in [1.29, 1.82) is 0 Å². The average Bonchev–Trinajstić information content (AvgIpc) is 2.38. The van der Waals surface area contributed by atoms with Crippen molar-refractivity contribution in [1.82, 2.24) is 4.90 Å². The maximum atomic E-state index is 11.9. The van der Waals surface area contributed by atoms with Gasteiger partial charge in [-0.3, -0.25) is 9.59 Å². The second kappa shape index (κ2) is 7.11. The molecule has 0 spiro atoms. The number of nitrogens with zero attached hydrogens (tertiary/aromatic N) is 1. The molecule has 0 radical (unpaired) electrons. The quantitative estimate of drug-likeness (QED) is 0.815. The number of carboxylic acid groups (broad SMARTS) is 1. The van der Waals surface area contributed by atoms with Crippen LogP contribution in [0.25, 0.3) is 0 Å². The highest BCUT2D eigenvalue weighted by Crippen LogP contribution is 2.36. The fourth-order valence-corrected chi connectivity index (χ4v) is 2.58. The van der Waals surface area contributed by atoms with Crippen LogP contribution in [0.15, 0.2) is 0 Å². The second-order valence-corrected chi connectivity index (χ2v) is 5.32. The van der Waals surface area contributed by atoms with E-state index in [-0.39, 0.29) is 13.1 Å². The Morgan fingerprint density at radius 3 is 2.29 bits per heavy atom. The molecule has 0 unspecified atom stereocenters. The van der Waals surface area contributed by atoms with Gasteiger partial charge in [0.15, 0.2) is 0 Å². The highest BCUT2D eigenvalue weighted by molar-refractivity contribution is 5.79. The topological polar surface area (TPSA) is 66.8 Å². The van der Waals surface area contributed by atoms with Crippen molar-refractivity contribution in [3.63, 3.8) is 0 Å². The largest absolute Gasteiger partial charge is 0.481 e. The molecule has 1 N–H and O–H groups in total. The number of hydrogen-bond acceptors (Lipinski definition) is 3. The van der Waals surface area contributed by atoms with Crippen molar-refractivity contribution in [3.8, 4) is 0 Å². The molecule has 21 heavy (non-hydrogen) atoms. The van der Waals surface area contributed by atoms with Gasteiger partial charge in [-0.1, -0.05) is 13.3 Å². The number of amides is 1. The van der Waals surface area contributed by atoms with Crippen LogP contribution in [0.3, 0.4) is 0 Å². The minimum atomic E-state index is -4.46. The van der Waals surface area contributed by atoms with E-state index in [2.05, 4.69) is 4.74 Å².